The number of thioether (sulfide) groups is 1. The molecule has 0 saturated carbocycles. The van der Waals surface area contributed by atoms with Crippen molar-refractivity contribution in [1.82, 2.24) is 4.98 Å². The molecule has 1 aliphatic rings. The Hall–Kier alpha value is -2.38. The molecule has 3 aromatic rings. The number of fused-ring (bicyclic) bond motifs is 1. The summed E-state index contributed by atoms with van der Waals surface area (Å²) in [6.07, 6.45) is 0.934. The molecular weight excluding hydrogens is 407 g/mol. The average Bonchev–Trinajstić information content (AvgIpc) is 2.99. The highest BCUT2D eigenvalue weighted by atomic mass is 32.2. The lowest BCUT2D eigenvalue weighted by Crippen LogP contribution is -2.32. The third-order valence-electron chi connectivity index (χ3n) is 4.70. The Bertz CT molecular complexity index is 1020. The molecule has 29 heavy (non-hydrogen) atoms. The largest absolute Gasteiger partial charge is 0.486 e. The highest BCUT2D eigenvalue weighted by Crippen LogP contribution is 2.38. The Morgan fingerprint density at radius 2 is 2.00 bits per heavy atom. The van der Waals surface area contributed by atoms with Gasteiger partial charge in [-0.3, -0.25) is 4.79 Å². The van der Waals surface area contributed by atoms with Crippen molar-refractivity contribution in [2.24, 2.45) is 0 Å². The molecule has 0 saturated heterocycles. The summed E-state index contributed by atoms with van der Waals surface area (Å²) < 4.78 is 18.7. The Balaban J connectivity index is 1.54. The van der Waals surface area contributed by atoms with Crippen LogP contribution in [-0.4, -0.2) is 22.7 Å². The predicted octanol–water partition coefficient (Wildman–Crippen LogP) is 5.70. The number of carbonyl (C=O) groups is 1. The first-order valence-electron chi connectivity index (χ1n) is 9.43. The Morgan fingerprint density at radius 1 is 1.24 bits per heavy atom. The van der Waals surface area contributed by atoms with Gasteiger partial charge in [-0.25, -0.2) is 9.37 Å². The van der Waals surface area contributed by atoms with Gasteiger partial charge in [0, 0.05) is 16.7 Å². The van der Waals surface area contributed by atoms with E-state index in [0.29, 0.717) is 28.1 Å². The van der Waals surface area contributed by atoms with Gasteiger partial charge in [0.15, 0.2) is 0 Å². The molecule has 0 unspecified atom stereocenters. The van der Waals surface area contributed by atoms with E-state index in [9.17, 15) is 9.18 Å². The number of aryl methyl sites for hydroxylation is 1. The lowest BCUT2D eigenvalue weighted by Gasteiger charge is -2.22. The number of para-hydroxylation sites is 1. The summed E-state index contributed by atoms with van der Waals surface area (Å²) >= 11 is 3.17. The number of ether oxygens (including phenoxy) is 1. The van der Waals surface area contributed by atoms with Gasteiger partial charge in [-0.1, -0.05) is 19.1 Å². The van der Waals surface area contributed by atoms with Gasteiger partial charge in [0.1, 0.15) is 28.1 Å². The molecule has 0 radical (unpaired) electrons. The summed E-state index contributed by atoms with van der Waals surface area (Å²) in [5.74, 6) is 0.246. The first kappa shape index (κ1) is 19.9. The summed E-state index contributed by atoms with van der Waals surface area (Å²) in [6.45, 7) is 4.97. The molecule has 0 spiro atoms. The minimum Gasteiger partial charge on any atom is -0.486 e. The number of halogens is 1. The van der Waals surface area contributed by atoms with Crippen molar-refractivity contribution < 1.29 is 13.9 Å². The molecule has 1 aromatic heterocycles. The smallest absolute Gasteiger partial charge is 0.270 e. The zero-order chi connectivity index (χ0) is 20.4. The molecule has 0 fully saturated rings. The molecule has 150 valence electrons. The maximum Gasteiger partial charge on any atom is 0.270 e. The summed E-state index contributed by atoms with van der Waals surface area (Å²) in [6, 6.07) is 13.9. The topological polar surface area (TPSA) is 42.4 Å². The molecule has 0 bridgehead atoms. The van der Waals surface area contributed by atoms with Gasteiger partial charge in [0.25, 0.3) is 5.91 Å². The molecule has 1 aliphatic heterocycles. The molecule has 4 nitrogen and oxygen atoms in total. The van der Waals surface area contributed by atoms with Crippen LogP contribution in [0.4, 0.5) is 10.1 Å². The molecule has 7 heteroatoms. The van der Waals surface area contributed by atoms with Crippen molar-refractivity contribution in [3.63, 3.8) is 0 Å². The van der Waals surface area contributed by atoms with Crippen LogP contribution in [0.15, 0.2) is 53.4 Å². The SMILES string of the molecule is Cc1nc(COc2ccc(F)cc2)sc1C(=O)N1CC[C@H](C)Sc2ccccc21. The van der Waals surface area contributed by atoms with Crippen LogP contribution in [0.5, 0.6) is 5.75 Å². The fourth-order valence-electron chi connectivity index (χ4n) is 3.21. The van der Waals surface area contributed by atoms with E-state index < -0.39 is 0 Å². The van der Waals surface area contributed by atoms with Crippen LogP contribution in [0, 0.1) is 12.7 Å². The van der Waals surface area contributed by atoms with Gasteiger partial charge < -0.3 is 9.64 Å². The van der Waals surface area contributed by atoms with Gasteiger partial charge in [0.2, 0.25) is 0 Å². The van der Waals surface area contributed by atoms with E-state index in [4.69, 9.17) is 4.74 Å². The third-order valence-corrected chi connectivity index (χ3v) is 7.06. The van der Waals surface area contributed by atoms with Crippen molar-refractivity contribution in [3.8, 4) is 5.75 Å². The highest BCUT2D eigenvalue weighted by molar-refractivity contribution is 8.00. The third kappa shape index (κ3) is 4.46. The number of hydrogen-bond donors (Lipinski definition) is 0. The molecule has 0 N–H and O–H groups in total. The van der Waals surface area contributed by atoms with Crippen LogP contribution >= 0.6 is 23.1 Å². The number of carbonyl (C=O) groups excluding carboxylic acids is 1. The van der Waals surface area contributed by atoms with Crippen molar-refractivity contribution in [2.45, 2.75) is 37.0 Å². The van der Waals surface area contributed by atoms with E-state index in [-0.39, 0.29) is 18.3 Å². The first-order valence-corrected chi connectivity index (χ1v) is 11.1. The van der Waals surface area contributed by atoms with Crippen LogP contribution in [0.1, 0.15) is 33.7 Å². The predicted molar refractivity (Wildman–Crippen MR) is 116 cm³/mol. The van der Waals surface area contributed by atoms with Gasteiger partial charge in [-0.15, -0.1) is 23.1 Å². The maximum atomic E-state index is 13.4. The average molecular weight is 429 g/mol. The summed E-state index contributed by atoms with van der Waals surface area (Å²) in [5.41, 5.74) is 1.67. The number of thiazole rings is 1. The van der Waals surface area contributed by atoms with Gasteiger partial charge >= 0.3 is 0 Å². The molecule has 4 rings (SSSR count). The standard InChI is InChI=1S/C22H21FN2O2S2/c1-14-11-12-25(18-5-3-4-6-19(18)28-14)22(26)21-15(2)24-20(29-21)13-27-17-9-7-16(23)8-10-17/h3-10,14H,11-13H2,1-2H3/t14-/m0/s1. The second-order valence-corrected chi connectivity index (χ2v) is 9.47. The first-order chi connectivity index (χ1) is 14.0. The Morgan fingerprint density at radius 3 is 2.79 bits per heavy atom. The Kier molecular flexibility index (Phi) is 5.87. The van der Waals surface area contributed by atoms with E-state index in [2.05, 4.69) is 18.0 Å². The number of anilines is 1. The van der Waals surface area contributed by atoms with Crippen molar-refractivity contribution in [2.75, 3.05) is 11.4 Å². The molecule has 2 aromatic carbocycles. The Labute approximate surface area is 177 Å². The van der Waals surface area contributed by atoms with E-state index in [1.165, 1.54) is 23.5 Å². The second-order valence-electron chi connectivity index (χ2n) is 6.91. The molecule has 0 aliphatic carbocycles. The molecule has 1 amide bonds. The van der Waals surface area contributed by atoms with E-state index >= 15 is 0 Å². The van der Waals surface area contributed by atoms with Crippen LogP contribution < -0.4 is 9.64 Å². The number of benzene rings is 2. The highest BCUT2D eigenvalue weighted by Gasteiger charge is 2.27. The van der Waals surface area contributed by atoms with E-state index in [0.717, 1.165) is 22.0 Å². The monoisotopic (exact) mass is 428 g/mol. The van der Waals surface area contributed by atoms with Crippen molar-refractivity contribution in [3.05, 3.63) is 69.9 Å². The molecule has 2 heterocycles. The van der Waals surface area contributed by atoms with Crippen LogP contribution in [0.25, 0.3) is 0 Å². The summed E-state index contributed by atoms with van der Waals surface area (Å²) in [5, 5.41) is 1.18. The van der Waals surface area contributed by atoms with Crippen LogP contribution in [0.2, 0.25) is 0 Å². The lowest BCUT2D eigenvalue weighted by atomic mass is 10.2. The number of nitrogens with zero attached hydrogens (tertiary/aromatic N) is 2. The minimum absolute atomic E-state index is 0.0183. The number of amides is 1. The van der Waals surface area contributed by atoms with Crippen molar-refractivity contribution >= 4 is 34.7 Å². The maximum absolute atomic E-state index is 13.4. The minimum atomic E-state index is -0.305. The number of aromatic nitrogens is 1. The van der Waals surface area contributed by atoms with Gasteiger partial charge in [-0.05, 0) is 49.7 Å². The fraction of sp³-hybridized carbons (Fsp3) is 0.273. The lowest BCUT2D eigenvalue weighted by molar-refractivity contribution is 0.0989. The zero-order valence-corrected chi connectivity index (χ0v) is 17.9. The molecule has 1 atom stereocenters. The van der Waals surface area contributed by atoms with Crippen LogP contribution in [-0.2, 0) is 6.61 Å². The summed E-state index contributed by atoms with van der Waals surface area (Å²) in [4.78, 5) is 21.5. The number of rotatable bonds is 4. The van der Waals surface area contributed by atoms with Gasteiger partial charge in [0.05, 0.1) is 11.4 Å². The molecular formula is C22H21FN2O2S2. The number of hydrogen-bond acceptors (Lipinski definition) is 5. The van der Waals surface area contributed by atoms with Crippen LogP contribution in [0.3, 0.4) is 0 Å². The van der Waals surface area contributed by atoms with Crippen molar-refractivity contribution in [1.29, 1.82) is 0 Å². The van der Waals surface area contributed by atoms with E-state index in [1.54, 1.807) is 12.1 Å². The quantitative estimate of drug-likeness (QED) is 0.535. The second kappa shape index (κ2) is 8.55. The zero-order valence-electron chi connectivity index (χ0n) is 16.2. The fourth-order valence-corrected chi connectivity index (χ4v) is 5.25. The summed E-state index contributed by atoms with van der Waals surface area (Å²) in [7, 11) is 0. The van der Waals surface area contributed by atoms with Gasteiger partial charge in [-0.2, -0.15) is 0 Å². The normalized spacial score (nSPS) is 16.2. The van der Waals surface area contributed by atoms with E-state index in [1.807, 2.05) is 41.8 Å².